The number of carbonyl (C=O) groups is 3. The molecule has 0 atom stereocenters. The highest BCUT2D eigenvalue weighted by molar-refractivity contribution is 6.06. The summed E-state index contributed by atoms with van der Waals surface area (Å²) in [7, 11) is 3.30. The van der Waals surface area contributed by atoms with Gasteiger partial charge in [-0.05, 0) is 37.3 Å². The summed E-state index contributed by atoms with van der Waals surface area (Å²) in [6.45, 7) is 1.65. The lowest BCUT2D eigenvalue weighted by Crippen LogP contribution is -2.43. The average molecular weight is 367 g/mol. The van der Waals surface area contributed by atoms with E-state index in [-0.39, 0.29) is 30.9 Å². The lowest BCUT2D eigenvalue weighted by atomic mass is 10.1. The summed E-state index contributed by atoms with van der Waals surface area (Å²) in [4.78, 5) is 39.8. The molecule has 0 aliphatic carbocycles. The zero-order valence-electron chi connectivity index (χ0n) is 15.5. The van der Waals surface area contributed by atoms with Crippen molar-refractivity contribution in [1.29, 1.82) is 0 Å². The third-order valence-corrected chi connectivity index (χ3v) is 4.19. The van der Waals surface area contributed by atoms with Crippen LogP contribution in [-0.2, 0) is 9.59 Å². The van der Waals surface area contributed by atoms with Crippen LogP contribution in [0.25, 0.3) is 0 Å². The summed E-state index contributed by atoms with van der Waals surface area (Å²) < 4.78 is 5.43. The van der Waals surface area contributed by atoms with Crippen molar-refractivity contribution in [3.8, 4) is 5.75 Å². The largest absolute Gasteiger partial charge is 0.482 e. The van der Waals surface area contributed by atoms with Gasteiger partial charge in [-0.15, -0.1) is 0 Å². The van der Waals surface area contributed by atoms with E-state index < -0.39 is 0 Å². The Bertz CT molecular complexity index is 891. The first-order valence-electron chi connectivity index (χ1n) is 8.50. The molecule has 0 fully saturated rings. The normalized spacial score (nSPS) is 12.9. The number of hydrogen-bond acceptors (Lipinski definition) is 4. The molecule has 1 heterocycles. The Morgan fingerprint density at radius 2 is 1.85 bits per heavy atom. The van der Waals surface area contributed by atoms with Gasteiger partial charge >= 0.3 is 0 Å². The number of rotatable bonds is 4. The number of anilines is 2. The monoisotopic (exact) mass is 367 g/mol. The van der Waals surface area contributed by atoms with Crippen molar-refractivity contribution in [2.24, 2.45) is 0 Å². The van der Waals surface area contributed by atoms with Gasteiger partial charge in [-0.1, -0.05) is 17.7 Å². The van der Waals surface area contributed by atoms with Crippen LogP contribution in [0.15, 0.2) is 42.5 Å². The van der Waals surface area contributed by atoms with E-state index in [1.54, 1.807) is 44.4 Å². The third kappa shape index (κ3) is 4.08. The summed E-state index contributed by atoms with van der Waals surface area (Å²) in [5.74, 6) is -0.395. The second kappa shape index (κ2) is 7.49. The molecule has 140 valence electrons. The first kappa shape index (κ1) is 18.4. The van der Waals surface area contributed by atoms with Gasteiger partial charge in [0.25, 0.3) is 11.8 Å². The van der Waals surface area contributed by atoms with E-state index in [1.807, 2.05) is 19.1 Å². The average Bonchev–Trinajstić information content (AvgIpc) is 2.65. The number of aryl methyl sites for hydroxylation is 1. The third-order valence-electron chi connectivity index (χ3n) is 4.19. The van der Waals surface area contributed by atoms with Crippen LogP contribution in [0.4, 0.5) is 11.4 Å². The Labute approximate surface area is 157 Å². The molecule has 0 unspecified atom stereocenters. The molecule has 3 amide bonds. The highest BCUT2D eigenvalue weighted by atomic mass is 16.5. The van der Waals surface area contributed by atoms with E-state index in [0.717, 1.165) is 5.56 Å². The molecule has 0 spiro atoms. The standard InChI is InChI=1S/C20H21N3O4/c1-13-4-7-15(8-5-13)21-18(24)11-23-16-10-14(20(26)22(2)3)6-9-17(16)27-12-19(23)25/h4-10H,11-12H2,1-3H3,(H,21,24). The second-order valence-electron chi connectivity index (χ2n) is 6.56. The van der Waals surface area contributed by atoms with Crippen molar-refractivity contribution in [2.45, 2.75) is 6.92 Å². The predicted octanol–water partition coefficient (Wildman–Crippen LogP) is 2.06. The molecule has 7 nitrogen and oxygen atoms in total. The maximum Gasteiger partial charge on any atom is 0.265 e. The van der Waals surface area contributed by atoms with Gasteiger partial charge in [0.15, 0.2) is 6.61 Å². The minimum Gasteiger partial charge on any atom is -0.482 e. The number of nitrogens with zero attached hydrogens (tertiary/aromatic N) is 2. The van der Waals surface area contributed by atoms with E-state index in [1.165, 1.54) is 9.80 Å². The van der Waals surface area contributed by atoms with Crippen LogP contribution in [0.1, 0.15) is 15.9 Å². The fraction of sp³-hybridized carbons (Fsp3) is 0.250. The number of hydrogen-bond donors (Lipinski definition) is 1. The summed E-state index contributed by atoms with van der Waals surface area (Å²) in [6.07, 6.45) is 0. The Morgan fingerprint density at radius 1 is 1.15 bits per heavy atom. The smallest absolute Gasteiger partial charge is 0.265 e. The van der Waals surface area contributed by atoms with Gasteiger partial charge in [-0.2, -0.15) is 0 Å². The van der Waals surface area contributed by atoms with Crippen molar-refractivity contribution in [1.82, 2.24) is 4.90 Å². The first-order chi connectivity index (χ1) is 12.8. The van der Waals surface area contributed by atoms with Crippen LogP contribution in [0.2, 0.25) is 0 Å². The molecule has 3 rings (SSSR count). The van der Waals surface area contributed by atoms with Crippen LogP contribution in [-0.4, -0.2) is 49.9 Å². The van der Waals surface area contributed by atoms with Crippen molar-refractivity contribution in [2.75, 3.05) is 37.5 Å². The molecule has 2 aromatic rings. The van der Waals surface area contributed by atoms with Gasteiger partial charge in [0.05, 0.1) is 5.69 Å². The Hall–Kier alpha value is -3.35. The van der Waals surface area contributed by atoms with E-state index in [4.69, 9.17) is 4.74 Å². The Kier molecular flexibility index (Phi) is 5.12. The minimum absolute atomic E-state index is 0.147. The fourth-order valence-corrected chi connectivity index (χ4v) is 2.75. The van der Waals surface area contributed by atoms with Crippen molar-refractivity contribution in [3.05, 3.63) is 53.6 Å². The molecule has 0 radical (unpaired) electrons. The number of carbonyl (C=O) groups excluding carboxylic acids is 3. The summed E-state index contributed by atoms with van der Waals surface area (Å²) >= 11 is 0. The highest BCUT2D eigenvalue weighted by Crippen LogP contribution is 2.33. The Morgan fingerprint density at radius 3 is 2.52 bits per heavy atom. The molecule has 7 heteroatoms. The van der Waals surface area contributed by atoms with Gasteiger partial charge in [0.2, 0.25) is 5.91 Å². The molecule has 0 aromatic heterocycles. The molecule has 27 heavy (non-hydrogen) atoms. The van der Waals surface area contributed by atoms with Crippen LogP contribution in [0.3, 0.4) is 0 Å². The Balaban J connectivity index is 1.82. The molecule has 1 N–H and O–H groups in total. The summed E-state index contributed by atoms with van der Waals surface area (Å²) in [6, 6.07) is 12.2. The second-order valence-corrected chi connectivity index (χ2v) is 6.56. The lowest BCUT2D eigenvalue weighted by molar-refractivity contribution is -0.123. The molecule has 0 saturated carbocycles. The zero-order chi connectivity index (χ0) is 19.6. The number of benzene rings is 2. The van der Waals surface area contributed by atoms with Crippen molar-refractivity contribution < 1.29 is 19.1 Å². The minimum atomic E-state index is -0.337. The molecule has 1 aliphatic rings. The van der Waals surface area contributed by atoms with Crippen molar-refractivity contribution in [3.63, 3.8) is 0 Å². The number of amides is 3. The molecular formula is C20H21N3O4. The summed E-state index contributed by atoms with van der Waals surface area (Å²) in [5.41, 5.74) is 2.57. The maximum atomic E-state index is 12.4. The van der Waals surface area contributed by atoms with Gasteiger partial charge in [0, 0.05) is 25.3 Å². The van der Waals surface area contributed by atoms with E-state index in [2.05, 4.69) is 5.32 Å². The van der Waals surface area contributed by atoms with Crippen LogP contribution in [0.5, 0.6) is 5.75 Å². The van der Waals surface area contributed by atoms with E-state index in [9.17, 15) is 14.4 Å². The van der Waals surface area contributed by atoms with Crippen LogP contribution < -0.4 is 15.0 Å². The zero-order valence-corrected chi connectivity index (χ0v) is 15.5. The first-order valence-corrected chi connectivity index (χ1v) is 8.50. The molecule has 2 aromatic carbocycles. The topological polar surface area (TPSA) is 79.0 Å². The van der Waals surface area contributed by atoms with Gasteiger partial charge in [0.1, 0.15) is 12.3 Å². The fourth-order valence-electron chi connectivity index (χ4n) is 2.75. The molecule has 0 saturated heterocycles. The van der Waals surface area contributed by atoms with Gasteiger partial charge in [-0.25, -0.2) is 0 Å². The van der Waals surface area contributed by atoms with E-state index >= 15 is 0 Å². The van der Waals surface area contributed by atoms with Crippen LogP contribution >= 0.6 is 0 Å². The summed E-state index contributed by atoms with van der Waals surface area (Å²) in [5, 5.41) is 2.77. The SMILES string of the molecule is Cc1ccc(NC(=O)CN2C(=O)COc3ccc(C(=O)N(C)C)cc32)cc1. The molecule has 1 aliphatic heterocycles. The van der Waals surface area contributed by atoms with Crippen LogP contribution in [0, 0.1) is 6.92 Å². The predicted molar refractivity (Wildman–Crippen MR) is 102 cm³/mol. The maximum absolute atomic E-state index is 12.4. The van der Waals surface area contributed by atoms with Gasteiger partial charge in [-0.3, -0.25) is 19.3 Å². The quantitative estimate of drug-likeness (QED) is 0.897. The lowest BCUT2D eigenvalue weighted by Gasteiger charge is -2.29. The molecular weight excluding hydrogens is 346 g/mol. The molecule has 0 bridgehead atoms. The number of nitrogens with one attached hydrogen (secondary N) is 1. The van der Waals surface area contributed by atoms with Crippen molar-refractivity contribution >= 4 is 29.1 Å². The highest BCUT2D eigenvalue weighted by Gasteiger charge is 2.28. The number of fused-ring (bicyclic) bond motifs is 1. The van der Waals surface area contributed by atoms with E-state index in [0.29, 0.717) is 22.7 Å². The number of ether oxygens (including phenoxy) is 1. The van der Waals surface area contributed by atoms with Gasteiger partial charge < -0.3 is 15.0 Å².